The number of rotatable bonds is 4. The molecule has 0 aliphatic heterocycles. The lowest BCUT2D eigenvalue weighted by atomic mass is 10.3. The average molecular weight is 270 g/mol. The molecule has 1 N–H and O–H groups in total. The quantitative estimate of drug-likeness (QED) is 0.854. The van der Waals surface area contributed by atoms with Crippen LogP contribution in [0.15, 0.2) is 12.3 Å². The maximum absolute atomic E-state index is 11.8. The largest absolute Gasteiger partial charge is 0.490 e. The monoisotopic (exact) mass is 269 g/mol. The Labute approximate surface area is 99.0 Å². The van der Waals surface area contributed by atoms with Gasteiger partial charge < -0.3 is 9.84 Å². The molecule has 0 unspecified atom stereocenters. The van der Waals surface area contributed by atoms with Crippen LogP contribution in [0.4, 0.5) is 13.2 Å². The number of carboxylic acid groups (broad SMARTS) is 1. The molecule has 0 bridgehead atoms. The Morgan fingerprint density at radius 3 is 2.71 bits per heavy atom. The van der Waals surface area contributed by atoms with E-state index >= 15 is 0 Å². The summed E-state index contributed by atoms with van der Waals surface area (Å²) < 4.78 is 40.3. The molecule has 0 aliphatic carbocycles. The fourth-order valence-electron chi connectivity index (χ4n) is 0.923. The summed E-state index contributed by atoms with van der Waals surface area (Å²) in [5.41, 5.74) is -0.212. The van der Waals surface area contributed by atoms with Crippen molar-refractivity contribution in [2.45, 2.75) is 12.6 Å². The Balaban J connectivity index is 2.70. The van der Waals surface area contributed by atoms with Crippen LogP contribution in [0.2, 0.25) is 5.15 Å². The van der Waals surface area contributed by atoms with E-state index in [0.717, 1.165) is 12.3 Å². The normalized spacial score (nSPS) is 11.3. The number of hydrogen-bond acceptors (Lipinski definition) is 3. The molecule has 1 heterocycles. The van der Waals surface area contributed by atoms with E-state index in [1.165, 1.54) is 0 Å². The molecule has 0 aliphatic rings. The summed E-state index contributed by atoms with van der Waals surface area (Å²) in [7, 11) is 0. The van der Waals surface area contributed by atoms with Crippen molar-refractivity contribution < 1.29 is 27.8 Å². The Kier molecular flexibility index (Phi) is 4.17. The van der Waals surface area contributed by atoms with Crippen LogP contribution in [-0.4, -0.2) is 28.8 Å². The molecule has 0 fully saturated rings. The molecule has 1 aromatic heterocycles. The van der Waals surface area contributed by atoms with E-state index in [4.69, 9.17) is 21.4 Å². The molecular weight excluding hydrogens is 263 g/mol. The molecule has 1 rings (SSSR count). The molecule has 0 aromatic carbocycles. The fraction of sp³-hybridized carbons (Fsp3) is 0.333. The van der Waals surface area contributed by atoms with Crippen molar-refractivity contribution in [1.29, 1.82) is 0 Å². The maximum atomic E-state index is 11.8. The Morgan fingerprint density at radius 2 is 2.18 bits per heavy atom. The van der Waals surface area contributed by atoms with Gasteiger partial charge in [0.1, 0.15) is 0 Å². The van der Waals surface area contributed by atoms with Crippen molar-refractivity contribution >= 4 is 17.6 Å². The van der Waals surface area contributed by atoms with Gasteiger partial charge in [-0.2, -0.15) is 13.2 Å². The summed E-state index contributed by atoms with van der Waals surface area (Å²) in [6.07, 6.45) is -4.51. The zero-order chi connectivity index (χ0) is 13.1. The number of alkyl halides is 3. The van der Waals surface area contributed by atoms with Crippen molar-refractivity contribution in [3.63, 3.8) is 0 Å². The maximum Gasteiger partial charge on any atom is 0.392 e. The molecule has 4 nitrogen and oxygen atoms in total. The summed E-state index contributed by atoms with van der Waals surface area (Å²) in [5.74, 6) is -1.45. The van der Waals surface area contributed by atoms with Crippen LogP contribution < -0.4 is 4.74 Å². The van der Waals surface area contributed by atoms with Crippen molar-refractivity contribution in [3.8, 4) is 5.75 Å². The van der Waals surface area contributed by atoms with E-state index in [-0.39, 0.29) is 16.5 Å². The summed E-state index contributed by atoms with van der Waals surface area (Å²) in [5, 5.41) is 8.45. The van der Waals surface area contributed by atoms with E-state index in [1.807, 2.05) is 0 Å². The molecule has 0 radical (unpaired) electrons. The number of nitrogens with zero attached hydrogens (tertiary/aromatic N) is 1. The smallest absolute Gasteiger partial charge is 0.392 e. The highest BCUT2D eigenvalue weighted by molar-refractivity contribution is 6.30. The highest BCUT2D eigenvalue weighted by Crippen LogP contribution is 2.25. The van der Waals surface area contributed by atoms with Gasteiger partial charge in [-0.15, -0.1) is 0 Å². The van der Waals surface area contributed by atoms with Crippen LogP contribution >= 0.6 is 11.6 Å². The molecule has 8 heteroatoms. The number of aromatic nitrogens is 1. The molecule has 0 saturated heterocycles. The van der Waals surface area contributed by atoms with E-state index in [1.54, 1.807) is 0 Å². The minimum Gasteiger partial charge on any atom is -0.490 e. The van der Waals surface area contributed by atoms with Gasteiger partial charge in [-0.1, -0.05) is 11.6 Å². The molecule has 0 atom stereocenters. The summed E-state index contributed by atoms with van der Waals surface area (Å²) in [6, 6.07) is 1.02. The fourth-order valence-corrected chi connectivity index (χ4v) is 1.08. The van der Waals surface area contributed by atoms with Gasteiger partial charge in [-0.05, 0) is 6.07 Å². The lowest BCUT2D eigenvalue weighted by Crippen LogP contribution is -2.13. The second kappa shape index (κ2) is 5.22. The zero-order valence-corrected chi connectivity index (χ0v) is 9.05. The van der Waals surface area contributed by atoms with Gasteiger partial charge >= 0.3 is 12.1 Å². The summed E-state index contributed by atoms with van der Waals surface area (Å²) >= 11 is 5.54. The lowest BCUT2D eigenvalue weighted by molar-refractivity contribution is -0.139. The summed E-state index contributed by atoms with van der Waals surface area (Å²) in [6.45, 7) is -0.645. The first-order valence-corrected chi connectivity index (χ1v) is 4.76. The number of carboxylic acids is 1. The number of pyridine rings is 1. The minimum absolute atomic E-state index is 0.183. The van der Waals surface area contributed by atoms with Crippen LogP contribution in [0.3, 0.4) is 0 Å². The molecule has 0 saturated carbocycles. The predicted octanol–water partition coefficient (Wildman–Crippen LogP) is 2.76. The van der Waals surface area contributed by atoms with E-state index in [9.17, 15) is 18.0 Å². The van der Waals surface area contributed by atoms with Crippen LogP contribution in [0.25, 0.3) is 0 Å². The van der Waals surface area contributed by atoms with Crippen LogP contribution in [-0.2, 0) is 0 Å². The molecule has 0 amide bonds. The number of halogens is 4. The van der Waals surface area contributed by atoms with Crippen molar-refractivity contribution in [2.75, 3.05) is 6.61 Å². The first-order valence-electron chi connectivity index (χ1n) is 4.38. The van der Waals surface area contributed by atoms with Gasteiger partial charge in [0.25, 0.3) is 0 Å². The molecule has 94 valence electrons. The van der Waals surface area contributed by atoms with Gasteiger partial charge in [-0.3, -0.25) is 0 Å². The third kappa shape index (κ3) is 4.48. The van der Waals surface area contributed by atoms with Crippen LogP contribution in [0.5, 0.6) is 5.75 Å². The second-order valence-corrected chi connectivity index (χ2v) is 3.39. The Hall–Kier alpha value is -1.50. The second-order valence-electron chi connectivity index (χ2n) is 3.03. The lowest BCUT2D eigenvalue weighted by Gasteiger charge is -2.09. The van der Waals surface area contributed by atoms with Crippen molar-refractivity contribution in [2.24, 2.45) is 0 Å². The first kappa shape index (κ1) is 13.6. The highest BCUT2D eigenvalue weighted by Gasteiger charge is 2.27. The zero-order valence-electron chi connectivity index (χ0n) is 8.29. The topological polar surface area (TPSA) is 59.4 Å². The van der Waals surface area contributed by atoms with Crippen molar-refractivity contribution in [3.05, 3.63) is 23.0 Å². The van der Waals surface area contributed by atoms with E-state index < -0.39 is 25.2 Å². The number of hydrogen-bond donors (Lipinski definition) is 1. The molecule has 1 aromatic rings. The van der Waals surface area contributed by atoms with E-state index in [0.29, 0.717) is 0 Å². The minimum atomic E-state index is -4.34. The van der Waals surface area contributed by atoms with E-state index in [2.05, 4.69) is 4.98 Å². The Morgan fingerprint density at radius 1 is 1.53 bits per heavy atom. The Bertz CT molecular complexity index is 422. The van der Waals surface area contributed by atoms with Gasteiger partial charge in [0.2, 0.25) is 0 Å². The SMILES string of the molecule is O=C(O)c1cnc(Cl)c(OCCC(F)(F)F)c1. The highest BCUT2D eigenvalue weighted by atomic mass is 35.5. The molecule has 17 heavy (non-hydrogen) atoms. The third-order valence-corrected chi connectivity index (χ3v) is 1.98. The number of carbonyl (C=O) groups is 1. The van der Waals surface area contributed by atoms with Gasteiger partial charge in [-0.25, -0.2) is 9.78 Å². The third-order valence-electron chi connectivity index (χ3n) is 1.70. The summed E-state index contributed by atoms with van der Waals surface area (Å²) in [4.78, 5) is 14.1. The van der Waals surface area contributed by atoms with Gasteiger partial charge in [0, 0.05) is 6.20 Å². The average Bonchev–Trinajstić information content (AvgIpc) is 2.18. The predicted molar refractivity (Wildman–Crippen MR) is 52.4 cm³/mol. The number of aromatic carboxylic acids is 1. The van der Waals surface area contributed by atoms with Crippen molar-refractivity contribution in [1.82, 2.24) is 4.98 Å². The molecule has 0 spiro atoms. The van der Waals surface area contributed by atoms with Gasteiger partial charge in [0.15, 0.2) is 10.9 Å². The first-order chi connectivity index (χ1) is 7.79. The standard InChI is InChI=1S/C9H7ClF3NO3/c10-7-6(17-2-1-9(11,12)13)3-5(4-14-7)8(15)16/h3-4H,1-2H2,(H,15,16). The number of ether oxygens (including phenoxy) is 1. The van der Waals surface area contributed by atoms with Gasteiger partial charge in [0.05, 0.1) is 18.6 Å². The van der Waals surface area contributed by atoms with Crippen LogP contribution in [0.1, 0.15) is 16.8 Å². The molecular formula is C9H7ClF3NO3. The van der Waals surface area contributed by atoms with Crippen LogP contribution in [0, 0.1) is 0 Å².